The summed E-state index contributed by atoms with van der Waals surface area (Å²) in [4.78, 5) is 31.2. The minimum atomic E-state index is -0.231. The van der Waals surface area contributed by atoms with Crippen LogP contribution in [0, 0.1) is 11.7 Å². The van der Waals surface area contributed by atoms with E-state index in [2.05, 4.69) is 29.0 Å². The number of amides is 1. The van der Waals surface area contributed by atoms with Crippen LogP contribution >= 0.6 is 11.3 Å². The van der Waals surface area contributed by atoms with Crippen LogP contribution in [0.2, 0.25) is 0 Å². The smallest absolute Gasteiger partial charge is 0.251 e. The van der Waals surface area contributed by atoms with Crippen LogP contribution in [0.5, 0.6) is 11.5 Å². The Morgan fingerprint density at radius 1 is 1.24 bits per heavy atom. The zero-order valence-corrected chi connectivity index (χ0v) is 27.2. The number of thiophene rings is 1. The number of halogens is 1. The summed E-state index contributed by atoms with van der Waals surface area (Å²) in [6.07, 6.45) is 6.09. The number of aliphatic imine (C=N–C) groups is 1. The second-order valence-electron chi connectivity index (χ2n) is 11.6. The molecule has 46 heavy (non-hydrogen) atoms. The lowest BCUT2D eigenvalue weighted by atomic mass is 9.93. The number of nitrogens with zero attached hydrogens (tertiary/aromatic N) is 2. The number of hydrogen-bond acceptors (Lipinski definition) is 9. The minimum Gasteiger partial charge on any atom is -0.495 e. The summed E-state index contributed by atoms with van der Waals surface area (Å²) in [5.74, 6) is 1.50. The third kappa shape index (κ3) is 6.75. The lowest BCUT2D eigenvalue weighted by Crippen LogP contribution is -2.30. The van der Waals surface area contributed by atoms with Crippen molar-refractivity contribution in [2.75, 3.05) is 33.0 Å². The highest BCUT2D eigenvalue weighted by Crippen LogP contribution is 2.48. The van der Waals surface area contributed by atoms with E-state index in [9.17, 15) is 9.18 Å². The maximum atomic E-state index is 14.6. The van der Waals surface area contributed by atoms with Crippen LogP contribution in [0.1, 0.15) is 71.6 Å². The number of ether oxygens (including phenoxy) is 2. The SMILES string of the molecule is C=O.CN.COc1cc(C(=O)NCC(c2cc3c(c(-c4csc5c(F)cccc45)n2)OCC3C)C2CC2)cc(C=NC2CC2)c1N. The molecule has 2 unspecified atom stereocenters. The standard InChI is InChI=1S/C33H33FN4O3S.CH5N.CH2O/c1-17-15-41-31-23(17)12-27(38-30(31)25-16-42-32-22(25)4-3-5-26(32)34)24(18-6-7-18)14-37-33(39)19-10-20(13-36-21-8-9-21)29(35)28(11-19)40-2;2*1-2/h3-5,10-13,16-18,21,24H,6-9,14-15,35H2,1-2H3,(H,37,39);2H2,1H3;1H2. The first kappa shape index (κ1) is 33.0. The number of carbonyl (C=O) groups is 2. The third-order valence-corrected chi connectivity index (χ3v) is 9.52. The van der Waals surface area contributed by atoms with E-state index in [0.717, 1.165) is 59.3 Å². The molecular formula is C35H40FN5O4S. The highest BCUT2D eigenvalue weighted by atomic mass is 32.1. The van der Waals surface area contributed by atoms with Gasteiger partial charge in [-0.15, -0.1) is 11.3 Å². The van der Waals surface area contributed by atoms with Crippen molar-refractivity contribution in [3.05, 3.63) is 70.0 Å². The van der Waals surface area contributed by atoms with Crippen molar-refractivity contribution in [2.24, 2.45) is 16.6 Å². The monoisotopic (exact) mass is 645 g/mol. The van der Waals surface area contributed by atoms with Crippen LogP contribution < -0.4 is 26.3 Å². The zero-order valence-electron chi connectivity index (χ0n) is 26.3. The molecule has 2 atom stereocenters. The summed E-state index contributed by atoms with van der Waals surface area (Å²) in [6.45, 7) is 5.18. The van der Waals surface area contributed by atoms with Crippen molar-refractivity contribution in [1.82, 2.24) is 10.3 Å². The summed E-state index contributed by atoms with van der Waals surface area (Å²) < 4.78 is 26.8. The molecule has 0 bridgehead atoms. The molecule has 2 saturated carbocycles. The van der Waals surface area contributed by atoms with Gasteiger partial charge >= 0.3 is 0 Å². The number of rotatable bonds is 9. The average Bonchev–Trinajstić information content (AvgIpc) is 4.02. The van der Waals surface area contributed by atoms with Gasteiger partial charge in [-0.05, 0) is 62.9 Å². The van der Waals surface area contributed by atoms with Gasteiger partial charge in [-0.1, -0.05) is 19.1 Å². The zero-order chi connectivity index (χ0) is 33.0. The van der Waals surface area contributed by atoms with Gasteiger partial charge in [0.2, 0.25) is 0 Å². The van der Waals surface area contributed by atoms with Crippen LogP contribution in [0.25, 0.3) is 21.3 Å². The number of hydrogen-bond donors (Lipinski definition) is 3. The molecule has 2 fully saturated rings. The Morgan fingerprint density at radius 3 is 2.70 bits per heavy atom. The lowest BCUT2D eigenvalue weighted by molar-refractivity contribution is -0.0980. The Labute approximate surface area is 272 Å². The van der Waals surface area contributed by atoms with Crippen LogP contribution in [0.3, 0.4) is 0 Å². The van der Waals surface area contributed by atoms with E-state index >= 15 is 0 Å². The molecule has 3 heterocycles. The lowest BCUT2D eigenvalue weighted by Gasteiger charge is -2.20. The molecule has 0 saturated heterocycles. The van der Waals surface area contributed by atoms with E-state index in [-0.39, 0.29) is 23.6 Å². The molecular weight excluding hydrogens is 605 g/mol. The summed E-state index contributed by atoms with van der Waals surface area (Å²) in [6, 6.07) is 11.1. The van der Waals surface area contributed by atoms with Gasteiger partial charge in [0, 0.05) is 63.3 Å². The van der Waals surface area contributed by atoms with E-state index in [4.69, 9.17) is 25.0 Å². The third-order valence-electron chi connectivity index (χ3n) is 8.52. The molecule has 242 valence electrons. The van der Waals surface area contributed by atoms with Gasteiger partial charge in [0.05, 0.1) is 30.1 Å². The van der Waals surface area contributed by atoms with Gasteiger partial charge < -0.3 is 31.1 Å². The Hall–Kier alpha value is -4.35. The first-order chi connectivity index (χ1) is 22.4. The molecule has 0 radical (unpaired) electrons. The molecule has 5 N–H and O–H groups in total. The highest BCUT2D eigenvalue weighted by molar-refractivity contribution is 7.17. The number of benzene rings is 2. The number of anilines is 1. The number of fused-ring (bicyclic) bond motifs is 2. The number of nitrogens with one attached hydrogen (secondary N) is 1. The molecule has 9 nitrogen and oxygen atoms in total. The number of methoxy groups -OCH3 is 1. The highest BCUT2D eigenvalue weighted by Gasteiger charge is 2.36. The molecule has 1 aliphatic heterocycles. The summed E-state index contributed by atoms with van der Waals surface area (Å²) >= 11 is 1.38. The fourth-order valence-electron chi connectivity index (χ4n) is 5.75. The topological polar surface area (TPSA) is 142 Å². The quantitative estimate of drug-likeness (QED) is 0.148. The summed E-state index contributed by atoms with van der Waals surface area (Å²) in [7, 11) is 3.05. The van der Waals surface area contributed by atoms with Crippen LogP contribution in [-0.2, 0) is 4.79 Å². The Balaban J connectivity index is 0.00000100. The number of aromatic nitrogens is 1. The Kier molecular flexibility index (Phi) is 10.3. The van der Waals surface area contributed by atoms with E-state index < -0.39 is 0 Å². The minimum absolute atomic E-state index is 0.0408. The van der Waals surface area contributed by atoms with Crippen molar-refractivity contribution in [2.45, 2.75) is 50.5 Å². The molecule has 11 heteroatoms. The number of carbonyl (C=O) groups excluding carboxylic acids is 2. The Bertz CT molecular complexity index is 1750. The van der Waals surface area contributed by atoms with Gasteiger partial charge in [-0.2, -0.15) is 0 Å². The van der Waals surface area contributed by atoms with E-state index in [0.29, 0.717) is 52.4 Å². The van der Waals surface area contributed by atoms with Gasteiger partial charge in [0.1, 0.15) is 29.8 Å². The van der Waals surface area contributed by atoms with Crippen molar-refractivity contribution >= 4 is 46.0 Å². The van der Waals surface area contributed by atoms with E-state index in [1.165, 1.54) is 24.5 Å². The first-order valence-corrected chi connectivity index (χ1v) is 16.3. The molecule has 1 amide bonds. The Morgan fingerprint density at radius 2 is 2.00 bits per heavy atom. The maximum absolute atomic E-state index is 14.6. The predicted octanol–water partition coefficient (Wildman–Crippen LogP) is 6.08. The number of pyridine rings is 1. The summed E-state index contributed by atoms with van der Waals surface area (Å²) in [5, 5.41) is 5.97. The van der Waals surface area contributed by atoms with Gasteiger partial charge in [0.25, 0.3) is 5.91 Å². The fourth-order valence-corrected chi connectivity index (χ4v) is 6.71. The molecule has 2 aromatic carbocycles. The first-order valence-electron chi connectivity index (χ1n) is 15.4. The molecule has 2 aliphatic carbocycles. The van der Waals surface area contributed by atoms with E-state index in [1.54, 1.807) is 31.5 Å². The normalized spacial score (nSPS) is 17.3. The van der Waals surface area contributed by atoms with Gasteiger partial charge in [-0.25, -0.2) is 9.37 Å². The molecule has 4 aromatic rings. The molecule has 2 aromatic heterocycles. The molecule has 3 aliphatic rings. The predicted molar refractivity (Wildman–Crippen MR) is 182 cm³/mol. The average molecular weight is 646 g/mol. The second-order valence-corrected chi connectivity index (χ2v) is 12.5. The second kappa shape index (κ2) is 14.4. The van der Waals surface area contributed by atoms with E-state index in [1.807, 2.05) is 18.2 Å². The fraction of sp³-hybridized carbons (Fsp3) is 0.371. The van der Waals surface area contributed by atoms with Crippen molar-refractivity contribution in [3.63, 3.8) is 0 Å². The largest absolute Gasteiger partial charge is 0.495 e. The molecule has 0 spiro atoms. The van der Waals surface area contributed by atoms with Gasteiger partial charge in [0.15, 0.2) is 0 Å². The van der Waals surface area contributed by atoms with Crippen molar-refractivity contribution < 1.29 is 23.5 Å². The van der Waals surface area contributed by atoms with Crippen molar-refractivity contribution in [3.8, 4) is 22.8 Å². The van der Waals surface area contributed by atoms with Crippen molar-refractivity contribution in [1.29, 1.82) is 0 Å². The van der Waals surface area contributed by atoms with Gasteiger partial charge in [-0.3, -0.25) is 9.79 Å². The summed E-state index contributed by atoms with van der Waals surface area (Å²) in [5.41, 5.74) is 16.1. The maximum Gasteiger partial charge on any atom is 0.251 e. The number of nitrogen functional groups attached to an aromatic ring is 1. The van der Waals surface area contributed by atoms with Crippen LogP contribution in [0.15, 0.2) is 46.8 Å². The van der Waals surface area contributed by atoms with Crippen LogP contribution in [-0.4, -0.2) is 57.2 Å². The molecule has 7 rings (SSSR count). The van der Waals surface area contributed by atoms with Crippen LogP contribution in [0.4, 0.5) is 10.1 Å². The number of nitrogens with two attached hydrogens (primary N) is 2.